The Morgan fingerprint density at radius 3 is 1.57 bits per heavy atom. The van der Waals surface area contributed by atoms with E-state index in [-0.39, 0.29) is 19.4 Å². The molecule has 0 saturated carbocycles. The quantitative estimate of drug-likeness (QED) is 0.0255. The monoisotopic (exact) mass is 691 g/mol. The topological polar surface area (TPSA) is 172 Å². The van der Waals surface area contributed by atoms with Gasteiger partial charge in [0.2, 0.25) is 0 Å². The van der Waals surface area contributed by atoms with Gasteiger partial charge in [0.15, 0.2) is 6.10 Å². The van der Waals surface area contributed by atoms with Crippen LogP contribution >= 0.6 is 7.82 Å². The van der Waals surface area contributed by atoms with Crippen LogP contribution in [-0.2, 0) is 37.5 Å². The van der Waals surface area contributed by atoms with Gasteiger partial charge in [-0.25, -0.2) is 4.57 Å². The van der Waals surface area contributed by atoms with E-state index in [2.05, 4.69) is 30.5 Å². The van der Waals surface area contributed by atoms with Gasteiger partial charge in [0.05, 0.1) is 13.2 Å². The molecule has 0 rings (SSSR count). The third-order valence-corrected chi connectivity index (χ3v) is 8.71. The Morgan fingerprint density at radius 2 is 1.06 bits per heavy atom. The Labute approximate surface area is 284 Å². The van der Waals surface area contributed by atoms with E-state index in [1.165, 1.54) is 77.0 Å². The van der Waals surface area contributed by atoms with Crippen LogP contribution in [0.4, 0.5) is 0 Å². The molecule has 0 bridgehead atoms. The fourth-order valence-electron chi connectivity index (χ4n) is 4.82. The molecule has 0 fully saturated rings. The minimum atomic E-state index is -4.70. The summed E-state index contributed by atoms with van der Waals surface area (Å²) in [5, 5.41) is 8.83. The number of esters is 2. The molecule has 47 heavy (non-hydrogen) atoms. The number of carboxylic acid groups (broad SMARTS) is 1. The molecule has 0 saturated heterocycles. The van der Waals surface area contributed by atoms with Crippen molar-refractivity contribution in [1.82, 2.24) is 0 Å². The fourth-order valence-corrected chi connectivity index (χ4v) is 5.60. The van der Waals surface area contributed by atoms with E-state index in [0.717, 1.165) is 44.9 Å². The molecule has 1 unspecified atom stereocenters. The second kappa shape index (κ2) is 31.5. The van der Waals surface area contributed by atoms with Crippen LogP contribution < -0.4 is 5.73 Å². The SMILES string of the molecule is CCCCCCCCCC/C=C/CCCCCC(=O)O[C@@H](COC(=O)CCCCCCCCCC)COP(=O)(O)OC[C@H](N)C(=O)O. The Bertz CT molecular complexity index is 869. The fraction of sp³-hybridized carbons (Fsp3) is 0.857. The van der Waals surface area contributed by atoms with Gasteiger partial charge in [-0.05, 0) is 38.5 Å². The Kier molecular flexibility index (Phi) is 30.3. The number of ether oxygens (including phenoxy) is 2. The second-order valence-corrected chi connectivity index (χ2v) is 13.8. The first kappa shape index (κ1) is 45.2. The average molecular weight is 692 g/mol. The maximum absolute atomic E-state index is 12.5. The Morgan fingerprint density at radius 1 is 0.638 bits per heavy atom. The maximum Gasteiger partial charge on any atom is 0.472 e. The van der Waals surface area contributed by atoms with Crippen molar-refractivity contribution in [3.63, 3.8) is 0 Å². The largest absolute Gasteiger partial charge is 0.480 e. The number of allylic oxidation sites excluding steroid dienone is 2. The number of phosphoric ester groups is 1. The van der Waals surface area contributed by atoms with Crippen LogP contribution in [0.1, 0.15) is 162 Å². The summed E-state index contributed by atoms with van der Waals surface area (Å²) in [6, 6.07) is -1.52. The number of hydrogen-bond donors (Lipinski definition) is 3. The van der Waals surface area contributed by atoms with Crippen molar-refractivity contribution in [3.8, 4) is 0 Å². The first-order chi connectivity index (χ1) is 22.6. The second-order valence-electron chi connectivity index (χ2n) is 12.4. The highest BCUT2D eigenvalue weighted by molar-refractivity contribution is 7.47. The third-order valence-electron chi connectivity index (χ3n) is 7.76. The molecule has 0 aromatic carbocycles. The van der Waals surface area contributed by atoms with Crippen molar-refractivity contribution < 1.29 is 47.5 Å². The third kappa shape index (κ3) is 31.3. The predicted octanol–water partition coefficient (Wildman–Crippen LogP) is 8.56. The number of hydrogen-bond acceptors (Lipinski definition) is 9. The summed E-state index contributed by atoms with van der Waals surface area (Å²) in [7, 11) is -4.70. The van der Waals surface area contributed by atoms with Gasteiger partial charge >= 0.3 is 25.7 Å². The molecule has 0 aromatic heterocycles. The molecule has 12 heteroatoms. The maximum atomic E-state index is 12.5. The van der Waals surface area contributed by atoms with E-state index in [1.54, 1.807) is 0 Å². The standard InChI is InChI=1S/C35H66NO10P/c1-3-5-7-9-11-13-14-15-16-17-18-19-21-23-25-27-34(38)46-31(29-44-47(41,42)45-30-32(36)35(39)40)28-43-33(37)26-24-22-20-12-10-8-6-4-2/h17-18,31-32H,3-16,19-30,36H2,1-2H3,(H,39,40)(H,41,42)/b18-17+/t31-,32-/m0/s1. The highest BCUT2D eigenvalue weighted by Crippen LogP contribution is 2.43. The van der Waals surface area contributed by atoms with Crippen LogP contribution in [0.3, 0.4) is 0 Å². The number of aliphatic carboxylic acids is 1. The number of nitrogens with two attached hydrogens (primary N) is 1. The van der Waals surface area contributed by atoms with Gasteiger partial charge in [-0.2, -0.15) is 0 Å². The van der Waals surface area contributed by atoms with Crippen LogP contribution in [0.15, 0.2) is 12.2 Å². The van der Waals surface area contributed by atoms with Gasteiger partial charge in [-0.3, -0.25) is 23.4 Å². The number of carboxylic acids is 1. The van der Waals surface area contributed by atoms with Gasteiger partial charge in [0, 0.05) is 12.8 Å². The van der Waals surface area contributed by atoms with E-state index in [1.807, 2.05) is 0 Å². The van der Waals surface area contributed by atoms with Crippen molar-refractivity contribution >= 4 is 25.7 Å². The molecule has 0 heterocycles. The van der Waals surface area contributed by atoms with Gasteiger partial charge in [0.25, 0.3) is 0 Å². The first-order valence-corrected chi connectivity index (χ1v) is 19.7. The molecule has 3 atom stereocenters. The lowest BCUT2D eigenvalue weighted by Gasteiger charge is -2.20. The summed E-state index contributed by atoms with van der Waals surface area (Å²) >= 11 is 0. The lowest BCUT2D eigenvalue weighted by Crippen LogP contribution is -2.34. The summed E-state index contributed by atoms with van der Waals surface area (Å²) in [6.07, 6.45) is 27.3. The zero-order valence-electron chi connectivity index (χ0n) is 29.4. The molecular weight excluding hydrogens is 625 g/mol. The van der Waals surface area contributed by atoms with Crippen molar-refractivity contribution in [2.75, 3.05) is 19.8 Å². The van der Waals surface area contributed by atoms with Gasteiger partial charge in [-0.1, -0.05) is 122 Å². The van der Waals surface area contributed by atoms with Crippen LogP contribution in [0, 0.1) is 0 Å². The molecule has 0 aliphatic heterocycles. The van der Waals surface area contributed by atoms with E-state index >= 15 is 0 Å². The van der Waals surface area contributed by atoms with Gasteiger partial charge in [-0.15, -0.1) is 0 Å². The normalized spacial score (nSPS) is 14.1. The molecular formula is C35H66NO10P. The van der Waals surface area contributed by atoms with Crippen LogP contribution in [0.5, 0.6) is 0 Å². The molecule has 0 radical (unpaired) electrons. The van der Waals surface area contributed by atoms with E-state index in [9.17, 15) is 23.8 Å². The molecule has 4 N–H and O–H groups in total. The van der Waals surface area contributed by atoms with Crippen molar-refractivity contribution in [1.29, 1.82) is 0 Å². The van der Waals surface area contributed by atoms with E-state index in [4.69, 9.17) is 24.8 Å². The first-order valence-electron chi connectivity index (χ1n) is 18.2. The molecule has 0 aliphatic rings. The molecule has 0 aromatic rings. The Balaban J connectivity index is 4.45. The van der Waals surface area contributed by atoms with E-state index < -0.39 is 51.1 Å². The van der Waals surface area contributed by atoms with Crippen molar-refractivity contribution in [3.05, 3.63) is 12.2 Å². The molecule has 0 aliphatic carbocycles. The van der Waals surface area contributed by atoms with Crippen LogP contribution in [0.2, 0.25) is 0 Å². The highest BCUT2D eigenvalue weighted by atomic mass is 31.2. The minimum absolute atomic E-state index is 0.144. The summed E-state index contributed by atoms with van der Waals surface area (Å²) in [5.41, 5.74) is 5.30. The molecule has 276 valence electrons. The van der Waals surface area contributed by atoms with Crippen LogP contribution in [-0.4, -0.2) is 59.9 Å². The van der Waals surface area contributed by atoms with Crippen LogP contribution in [0.25, 0.3) is 0 Å². The number of carbonyl (C=O) groups is 3. The summed E-state index contributed by atoms with van der Waals surface area (Å²) in [5.74, 6) is -2.40. The van der Waals surface area contributed by atoms with Gasteiger partial charge < -0.3 is 25.2 Å². The average Bonchev–Trinajstić information content (AvgIpc) is 3.04. The summed E-state index contributed by atoms with van der Waals surface area (Å²) < 4.78 is 32.4. The molecule has 11 nitrogen and oxygen atoms in total. The lowest BCUT2D eigenvalue weighted by molar-refractivity contribution is -0.161. The van der Waals surface area contributed by atoms with E-state index in [0.29, 0.717) is 12.8 Å². The number of unbranched alkanes of at least 4 members (excludes halogenated alkanes) is 18. The predicted molar refractivity (Wildman–Crippen MR) is 185 cm³/mol. The summed E-state index contributed by atoms with van der Waals surface area (Å²) in [4.78, 5) is 45.5. The number of rotatable bonds is 34. The Hall–Kier alpha value is -1.78. The molecule has 0 spiro atoms. The summed E-state index contributed by atoms with van der Waals surface area (Å²) in [6.45, 7) is 2.73. The lowest BCUT2D eigenvalue weighted by atomic mass is 10.1. The zero-order valence-corrected chi connectivity index (χ0v) is 30.3. The minimum Gasteiger partial charge on any atom is -0.480 e. The van der Waals surface area contributed by atoms with Crippen molar-refractivity contribution in [2.45, 2.75) is 174 Å². The number of phosphoric acid groups is 1. The highest BCUT2D eigenvalue weighted by Gasteiger charge is 2.28. The zero-order chi connectivity index (χ0) is 35.0. The van der Waals surface area contributed by atoms with Crippen molar-refractivity contribution in [2.24, 2.45) is 5.73 Å². The smallest absolute Gasteiger partial charge is 0.472 e. The molecule has 0 amide bonds. The number of carbonyl (C=O) groups excluding carboxylic acids is 2. The van der Waals surface area contributed by atoms with Gasteiger partial charge in [0.1, 0.15) is 12.6 Å².